The summed E-state index contributed by atoms with van der Waals surface area (Å²) in [4.78, 5) is 26.5. The predicted molar refractivity (Wildman–Crippen MR) is 73.1 cm³/mol. The van der Waals surface area contributed by atoms with Crippen molar-refractivity contribution < 1.29 is 18.7 Å². The van der Waals surface area contributed by atoms with E-state index >= 15 is 0 Å². The molecule has 20 heavy (non-hydrogen) atoms. The van der Waals surface area contributed by atoms with Gasteiger partial charge in [-0.15, -0.1) is 0 Å². The first-order chi connectivity index (χ1) is 9.26. The van der Waals surface area contributed by atoms with Crippen LogP contribution in [0.5, 0.6) is 0 Å². The number of carbonyl (C=O) groups is 2. The summed E-state index contributed by atoms with van der Waals surface area (Å²) in [6, 6.07) is 2.51. The molecule has 4 nitrogen and oxygen atoms in total. The number of carbonyl (C=O) groups excluding carboxylic acids is 2. The first-order valence-corrected chi connectivity index (χ1v) is 6.60. The first kappa shape index (κ1) is 16.3. The lowest BCUT2D eigenvalue weighted by Gasteiger charge is -2.21. The lowest BCUT2D eigenvalue weighted by molar-refractivity contribution is -0.155. The van der Waals surface area contributed by atoms with Crippen LogP contribution in [0.2, 0.25) is 0 Å². The lowest BCUT2D eigenvalue weighted by atomic mass is 9.97. The Hall–Kier alpha value is -1.78. The first-order valence-electron chi connectivity index (χ1n) is 6.60. The number of ether oxygens (including phenoxy) is 1. The van der Waals surface area contributed by atoms with Crippen LogP contribution in [0.4, 0.5) is 4.39 Å². The van der Waals surface area contributed by atoms with E-state index in [4.69, 9.17) is 4.74 Å². The smallest absolute Gasteiger partial charge is 0.306 e. The summed E-state index contributed by atoms with van der Waals surface area (Å²) >= 11 is 0. The van der Waals surface area contributed by atoms with E-state index in [2.05, 4.69) is 4.98 Å². The highest BCUT2D eigenvalue weighted by Crippen LogP contribution is 2.25. The van der Waals surface area contributed by atoms with Gasteiger partial charge in [-0.05, 0) is 39.3 Å². The third kappa shape index (κ3) is 4.72. The fourth-order valence-corrected chi connectivity index (χ4v) is 1.84. The minimum atomic E-state index is -0.577. The minimum absolute atomic E-state index is 0.0417. The molecule has 0 aromatic carbocycles. The number of hydrogen-bond acceptors (Lipinski definition) is 4. The third-order valence-electron chi connectivity index (χ3n) is 2.73. The van der Waals surface area contributed by atoms with Crippen molar-refractivity contribution in [2.75, 3.05) is 0 Å². The molecule has 0 aliphatic carbocycles. The van der Waals surface area contributed by atoms with Gasteiger partial charge in [-0.1, -0.05) is 6.92 Å². The zero-order valence-corrected chi connectivity index (χ0v) is 12.3. The van der Waals surface area contributed by atoms with E-state index in [9.17, 15) is 14.0 Å². The molecule has 0 radical (unpaired) electrons. The molecule has 0 aliphatic heterocycles. The van der Waals surface area contributed by atoms with Gasteiger partial charge in [0.05, 0.1) is 12.1 Å². The van der Waals surface area contributed by atoms with E-state index in [1.54, 1.807) is 20.8 Å². The number of nitrogens with zero attached hydrogens (tertiary/aromatic N) is 1. The Morgan fingerprint density at radius 3 is 2.60 bits per heavy atom. The number of rotatable bonds is 5. The Bertz CT molecular complexity index is 494. The van der Waals surface area contributed by atoms with Gasteiger partial charge in [-0.25, -0.2) is 9.37 Å². The molecule has 0 amide bonds. The van der Waals surface area contributed by atoms with Crippen molar-refractivity contribution in [1.82, 2.24) is 4.98 Å². The van der Waals surface area contributed by atoms with Crippen molar-refractivity contribution in [2.24, 2.45) is 0 Å². The van der Waals surface area contributed by atoms with Crippen molar-refractivity contribution in [3.05, 3.63) is 29.3 Å². The maximum absolute atomic E-state index is 13.8. The third-order valence-corrected chi connectivity index (χ3v) is 2.73. The van der Waals surface area contributed by atoms with Crippen LogP contribution in [0.15, 0.2) is 12.1 Å². The normalized spacial score (nSPS) is 12.8. The fraction of sp³-hybridized carbons (Fsp3) is 0.533. The molecule has 1 aromatic rings. The molecule has 0 fully saturated rings. The molecular weight excluding hydrogens is 261 g/mol. The molecule has 1 rings (SSSR count). The van der Waals surface area contributed by atoms with E-state index in [-0.39, 0.29) is 17.8 Å². The number of aromatic nitrogens is 1. The van der Waals surface area contributed by atoms with Crippen LogP contribution < -0.4 is 0 Å². The maximum Gasteiger partial charge on any atom is 0.306 e. The number of pyridine rings is 1. The number of halogens is 1. The molecule has 0 N–H and O–H groups in total. The van der Waals surface area contributed by atoms with Crippen molar-refractivity contribution in [1.29, 1.82) is 0 Å². The Morgan fingerprint density at radius 1 is 1.45 bits per heavy atom. The Morgan fingerprint density at radius 2 is 2.10 bits per heavy atom. The van der Waals surface area contributed by atoms with Gasteiger partial charge in [0, 0.05) is 5.92 Å². The van der Waals surface area contributed by atoms with Crippen LogP contribution in [0.1, 0.15) is 62.6 Å². The monoisotopic (exact) mass is 281 g/mol. The van der Waals surface area contributed by atoms with Crippen molar-refractivity contribution in [3.8, 4) is 0 Å². The molecule has 0 saturated heterocycles. The fourth-order valence-electron chi connectivity index (χ4n) is 1.84. The van der Waals surface area contributed by atoms with E-state index in [0.29, 0.717) is 12.7 Å². The Kier molecular flexibility index (Phi) is 5.36. The van der Waals surface area contributed by atoms with E-state index in [0.717, 1.165) is 0 Å². The zero-order chi connectivity index (χ0) is 15.3. The van der Waals surface area contributed by atoms with Gasteiger partial charge in [0.15, 0.2) is 6.29 Å². The standard InChI is InChI=1S/C15H20FNO3/c1-5-10(8-13(19)20-15(2,3)4)14-12(16)7-6-11(9-18)17-14/h6-7,9-10H,5,8H2,1-4H3. The second-order valence-corrected chi connectivity index (χ2v) is 5.62. The Balaban J connectivity index is 2.91. The van der Waals surface area contributed by atoms with Crippen molar-refractivity contribution >= 4 is 12.3 Å². The van der Waals surface area contributed by atoms with Gasteiger partial charge in [-0.2, -0.15) is 0 Å². The van der Waals surface area contributed by atoms with E-state index in [1.807, 2.05) is 6.92 Å². The summed E-state index contributed by atoms with van der Waals surface area (Å²) < 4.78 is 19.0. The van der Waals surface area contributed by atoms with Gasteiger partial charge < -0.3 is 4.74 Å². The van der Waals surface area contributed by atoms with Crippen LogP contribution in [0.25, 0.3) is 0 Å². The molecule has 0 spiro atoms. The van der Waals surface area contributed by atoms with E-state index < -0.39 is 23.3 Å². The average Bonchev–Trinajstić information content (AvgIpc) is 2.34. The minimum Gasteiger partial charge on any atom is -0.460 e. The average molecular weight is 281 g/mol. The molecular formula is C15H20FNO3. The Labute approximate surface area is 118 Å². The maximum atomic E-state index is 13.8. The number of esters is 1. The largest absolute Gasteiger partial charge is 0.460 e. The SMILES string of the molecule is CCC(CC(=O)OC(C)(C)C)c1nc(C=O)ccc1F. The summed E-state index contributed by atoms with van der Waals surface area (Å²) in [7, 11) is 0. The van der Waals surface area contributed by atoms with Crippen LogP contribution in [0.3, 0.4) is 0 Å². The summed E-state index contributed by atoms with van der Waals surface area (Å²) in [6.07, 6.45) is 1.13. The topological polar surface area (TPSA) is 56.3 Å². The summed E-state index contributed by atoms with van der Waals surface area (Å²) in [5, 5.41) is 0. The van der Waals surface area contributed by atoms with Crippen LogP contribution in [-0.2, 0) is 9.53 Å². The van der Waals surface area contributed by atoms with Crippen molar-refractivity contribution in [2.45, 2.75) is 52.1 Å². The molecule has 1 unspecified atom stereocenters. The number of hydrogen-bond donors (Lipinski definition) is 0. The van der Waals surface area contributed by atoms with Crippen LogP contribution in [-0.4, -0.2) is 22.8 Å². The van der Waals surface area contributed by atoms with Gasteiger partial charge in [0.1, 0.15) is 17.1 Å². The van der Waals surface area contributed by atoms with E-state index in [1.165, 1.54) is 12.1 Å². The summed E-state index contributed by atoms with van der Waals surface area (Å²) in [5.74, 6) is -1.31. The highest BCUT2D eigenvalue weighted by molar-refractivity contribution is 5.72. The highest BCUT2D eigenvalue weighted by Gasteiger charge is 2.23. The molecule has 1 aromatic heterocycles. The van der Waals surface area contributed by atoms with Gasteiger partial charge in [0.2, 0.25) is 0 Å². The zero-order valence-electron chi connectivity index (χ0n) is 12.3. The number of aldehydes is 1. The second-order valence-electron chi connectivity index (χ2n) is 5.62. The molecule has 110 valence electrons. The van der Waals surface area contributed by atoms with Crippen LogP contribution in [0, 0.1) is 5.82 Å². The predicted octanol–water partition coefficient (Wildman–Crippen LogP) is 3.26. The molecule has 0 bridgehead atoms. The quantitative estimate of drug-likeness (QED) is 0.614. The summed E-state index contributed by atoms with van der Waals surface area (Å²) in [6.45, 7) is 7.16. The van der Waals surface area contributed by atoms with Gasteiger partial charge in [0.25, 0.3) is 0 Å². The van der Waals surface area contributed by atoms with Gasteiger partial charge in [-0.3, -0.25) is 9.59 Å². The highest BCUT2D eigenvalue weighted by atomic mass is 19.1. The van der Waals surface area contributed by atoms with Gasteiger partial charge >= 0.3 is 5.97 Å². The van der Waals surface area contributed by atoms with Crippen LogP contribution >= 0.6 is 0 Å². The molecule has 1 atom stereocenters. The molecule has 0 saturated carbocycles. The van der Waals surface area contributed by atoms with Crippen molar-refractivity contribution in [3.63, 3.8) is 0 Å². The molecule has 1 heterocycles. The lowest BCUT2D eigenvalue weighted by Crippen LogP contribution is -2.25. The molecule has 0 aliphatic rings. The molecule has 5 heteroatoms. The second kappa shape index (κ2) is 6.59. The summed E-state index contributed by atoms with van der Waals surface area (Å²) in [5.41, 5.74) is -0.279.